The van der Waals surface area contributed by atoms with Gasteiger partial charge in [-0.1, -0.05) is 48.0 Å². The van der Waals surface area contributed by atoms with Gasteiger partial charge in [0.2, 0.25) is 5.91 Å². The number of fused-ring (bicyclic) bond motifs is 1. The van der Waals surface area contributed by atoms with Crippen LogP contribution in [0.4, 0.5) is 0 Å². The minimum Gasteiger partial charge on any atom is -0.349 e. The summed E-state index contributed by atoms with van der Waals surface area (Å²) in [7, 11) is 0. The van der Waals surface area contributed by atoms with Crippen LogP contribution < -0.4 is 5.32 Å². The SMILES string of the molecule is Cc1ccc(C(C)NC(=O)C2Cc3ccccc3S2)cc1. The lowest BCUT2D eigenvalue weighted by Crippen LogP contribution is -2.34. The molecule has 3 rings (SSSR count). The van der Waals surface area contributed by atoms with Crippen molar-refractivity contribution in [2.75, 3.05) is 0 Å². The molecule has 21 heavy (non-hydrogen) atoms. The predicted molar refractivity (Wildman–Crippen MR) is 87.5 cm³/mol. The van der Waals surface area contributed by atoms with Crippen molar-refractivity contribution in [3.63, 3.8) is 0 Å². The fraction of sp³-hybridized carbons (Fsp3) is 0.278. The molecule has 0 aromatic heterocycles. The van der Waals surface area contributed by atoms with Crippen LogP contribution in [0.15, 0.2) is 53.4 Å². The number of benzene rings is 2. The fourth-order valence-electron chi connectivity index (χ4n) is 2.57. The molecule has 2 atom stereocenters. The molecule has 0 saturated carbocycles. The molecule has 2 nitrogen and oxygen atoms in total. The van der Waals surface area contributed by atoms with E-state index in [0.717, 1.165) is 12.0 Å². The molecule has 2 unspecified atom stereocenters. The highest BCUT2D eigenvalue weighted by Gasteiger charge is 2.28. The van der Waals surface area contributed by atoms with Crippen LogP contribution >= 0.6 is 11.8 Å². The van der Waals surface area contributed by atoms with E-state index in [2.05, 4.69) is 48.6 Å². The summed E-state index contributed by atoms with van der Waals surface area (Å²) in [6.07, 6.45) is 0.827. The van der Waals surface area contributed by atoms with E-state index in [9.17, 15) is 4.79 Å². The van der Waals surface area contributed by atoms with Crippen molar-refractivity contribution in [1.29, 1.82) is 0 Å². The van der Waals surface area contributed by atoms with Crippen LogP contribution in [0, 0.1) is 6.92 Å². The van der Waals surface area contributed by atoms with Crippen molar-refractivity contribution in [2.45, 2.75) is 36.5 Å². The maximum atomic E-state index is 12.4. The number of carbonyl (C=O) groups is 1. The molecule has 1 aliphatic heterocycles. The van der Waals surface area contributed by atoms with Gasteiger partial charge in [0, 0.05) is 4.90 Å². The zero-order valence-corrected chi connectivity index (χ0v) is 13.1. The lowest BCUT2D eigenvalue weighted by Gasteiger charge is -2.17. The third kappa shape index (κ3) is 3.13. The number of hydrogen-bond donors (Lipinski definition) is 1. The van der Waals surface area contributed by atoms with Gasteiger partial charge in [0.15, 0.2) is 0 Å². The van der Waals surface area contributed by atoms with Gasteiger partial charge in [-0.25, -0.2) is 0 Å². The summed E-state index contributed by atoms with van der Waals surface area (Å²) in [4.78, 5) is 13.7. The molecule has 0 spiro atoms. The molecule has 2 aromatic rings. The molecule has 0 bridgehead atoms. The molecular formula is C18H19NOS. The van der Waals surface area contributed by atoms with E-state index in [1.54, 1.807) is 11.8 Å². The second kappa shape index (κ2) is 5.94. The Hall–Kier alpha value is -1.74. The number of amides is 1. The normalized spacial score (nSPS) is 18.1. The maximum Gasteiger partial charge on any atom is 0.234 e. The number of aryl methyl sites for hydroxylation is 1. The number of rotatable bonds is 3. The van der Waals surface area contributed by atoms with E-state index >= 15 is 0 Å². The lowest BCUT2D eigenvalue weighted by atomic mass is 10.1. The highest BCUT2D eigenvalue weighted by Crippen LogP contribution is 2.37. The minimum absolute atomic E-state index is 0.00435. The van der Waals surface area contributed by atoms with Gasteiger partial charge in [0.25, 0.3) is 0 Å². The van der Waals surface area contributed by atoms with Gasteiger partial charge in [0.1, 0.15) is 0 Å². The van der Waals surface area contributed by atoms with Crippen LogP contribution in [-0.4, -0.2) is 11.2 Å². The average molecular weight is 297 g/mol. The van der Waals surface area contributed by atoms with E-state index in [4.69, 9.17) is 0 Å². The topological polar surface area (TPSA) is 29.1 Å². The molecule has 0 radical (unpaired) electrons. The Bertz CT molecular complexity index is 626. The summed E-state index contributed by atoms with van der Waals surface area (Å²) in [6.45, 7) is 4.11. The summed E-state index contributed by atoms with van der Waals surface area (Å²) < 4.78 is 0. The van der Waals surface area contributed by atoms with Gasteiger partial charge in [-0.3, -0.25) is 4.79 Å². The van der Waals surface area contributed by atoms with Crippen LogP contribution in [0.25, 0.3) is 0 Å². The number of nitrogens with one attached hydrogen (secondary N) is 1. The first-order valence-electron chi connectivity index (χ1n) is 7.25. The molecule has 1 aliphatic rings. The maximum absolute atomic E-state index is 12.4. The molecular weight excluding hydrogens is 278 g/mol. The number of carbonyl (C=O) groups excluding carboxylic acids is 1. The van der Waals surface area contributed by atoms with Crippen LogP contribution in [-0.2, 0) is 11.2 Å². The van der Waals surface area contributed by atoms with Crippen molar-refractivity contribution in [1.82, 2.24) is 5.32 Å². The van der Waals surface area contributed by atoms with E-state index < -0.39 is 0 Å². The minimum atomic E-state index is -0.00435. The molecule has 2 aromatic carbocycles. The monoisotopic (exact) mass is 297 g/mol. The summed E-state index contributed by atoms with van der Waals surface area (Å²) in [5.41, 5.74) is 3.67. The molecule has 0 saturated heterocycles. The molecule has 1 amide bonds. The summed E-state index contributed by atoms with van der Waals surface area (Å²) in [6, 6.07) is 16.6. The summed E-state index contributed by atoms with van der Waals surface area (Å²) in [5.74, 6) is 0.129. The van der Waals surface area contributed by atoms with Crippen LogP contribution in [0.5, 0.6) is 0 Å². The van der Waals surface area contributed by atoms with Gasteiger partial charge < -0.3 is 5.32 Å². The fourth-order valence-corrected chi connectivity index (χ4v) is 3.78. The highest BCUT2D eigenvalue weighted by atomic mass is 32.2. The number of hydrogen-bond acceptors (Lipinski definition) is 2. The van der Waals surface area contributed by atoms with Crippen molar-refractivity contribution in [3.05, 3.63) is 65.2 Å². The van der Waals surface area contributed by atoms with Crippen molar-refractivity contribution < 1.29 is 4.79 Å². The Labute approximate surface area is 130 Å². The predicted octanol–water partition coefficient (Wildman–Crippen LogP) is 3.89. The Morgan fingerprint density at radius 1 is 1.19 bits per heavy atom. The smallest absolute Gasteiger partial charge is 0.234 e. The Kier molecular flexibility index (Phi) is 4.02. The van der Waals surface area contributed by atoms with E-state index in [1.807, 2.05) is 19.1 Å². The van der Waals surface area contributed by atoms with Gasteiger partial charge in [-0.05, 0) is 37.5 Å². The van der Waals surface area contributed by atoms with Crippen molar-refractivity contribution in [2.24, 2.45) is 0 Å². The highest BCUT2D eigenvalue weighted by molar-refractivity contribution is 8.01. The van der Waals surface area contributed by atoms with E-state index in [1.165, 1.54) is 16.0 Å². The van der Waals surface area contributed by atoms with Gasteiger partial charge >= 0.3 is 0 Å². The largest absolute Gasteiger partial charge is 0.349 e. The summed E-state index contributed by atoms with van der Waals surface area (Å²) in [5, 5.41) is 3.13. The van der Waals surface area contributed by atoms with Gasteiger partial charge in [-0.2, -0.15) is 0 Å². The number of thioether (sulfide) groups is 1. The van der Waals surface area contributed by atoms with Crippen LogP contribution in [0.3, 0.4) is 0 Å². The van der Waals surface area contributed by atoms with Gasteiger partial charge in [-0.15, -0.1) is 11.8 Å². The zero-order chi connectivity index (χ0) is 14.8. The van der Waals surface area contributed by atoms with Crippen molar-refractivity contribution >= 4 is 17.7 Å². The van der Waals surface area contributed by atoms with Crippen molar-refractivity contribution in [3.8, 4) is 0 Å². The second-order valence-electron chi connectivity index (χ2n) is 5.56. The van der Waals surface area contributed by atoms with Gasteiger partial charge in [0.05, 0.1) is 11.3 Å². The first-order valence-corrected chi connectivity index (χ1v) is 8.13. The van der Waals surface area contributed by atoms with Crippen LogP contribution in [0.1, 0.15) is 29.7 Å². The second-order valence-corrected chi connectivity index (χ2v) is 6.80. The first-order chi connectivity index (χ1) is 10.1. The molecule has 0 fully saturated rings. The molecule has 3 heteroatoms. The zero-order valence-electron chi connectivity index (χ0n) is 12.3. The van der Waals surface area contributed by atoms with E-state index in [0.29, 0.717) is 0 Å². The molecule has 108 valence electrons. The standard InChI is InChI=1S/C18H19NOS/c1-12-7-9-14(10-8-12)13(2)19-18(20)17-11-15-5-3-4-6-16(15)21-17/h3-10,13,17H,11H2,1-2H3,(H,19,20). The average Bonchev–Trinajstić information content (AvgIpc) is 2.92. The Morgan fingerprint density at radius 2 is 1.90 bits per heavy atom. The lowest BCUT2D eigenvalue weighted by molar-refractivity contribution is -0.121. The quantitative estimate of drug-likeness (QED) is 0.931. The Morgan fingerprint density at radius 3 is 2.62 bits per heavy atom. The third-order valence-electron chi connectivity index (χ3n) is 3.88. The third-order valence-corrected chi connectivity index (χ3v) is 5.19. The molecule has 1 N–H and O–H groups in total. The molecule has 0 aliphatic carbocycles. The van der Waals surface area contributed by atoms with E-state index in [-0.39, 0.29) is 17.2 Å². The van der Waals surface area contributed by atoms with Crippen LogP contribution in [0.2, 0.25) is 0 Å². The first kappa shape index (κ1) is 14.2. The Balaban J connectivity index is 1.64. The molecule has 1 heterocycles. The summed E-state index contributed by atoms with van der Waals surface area (Å²) >= 11 is 1.67.